The maximum Gasteiger partial charge on any atom is 0.134 e. The lowest BCUT2D eigenvalue weighted by atomic mass is 9.99. The second kappa shape index (κ2) is 5.55. The number of nitrogens with zero attached hydrogens (tertiary/aromatic N) is 3. The molecular weight excluding hydrogens is 224 g/mol. The minimum Gasteiger partial charge on any atom is -0.368 e. The number of aryl methyl sites for hydroxylation is 1. The van der Waals surface area contributed by atoms with Gasteiger partial charge in [0.15, 0.2) is 0 Å². The predicted molar refractivity (Wildman–Crippen MR) is 76.1 cm³/mol. The van der Waals surface area contributed by atoms with Crippen molar-refractivity contribution in [2.75, 3.05) is 23.3 Å². The van der Waals surface area contributed by atoms with Crippen molar-refractivity contribution in [1.29, 1.82) is 0 Å². The van der Waals surface area contributed by atoms with E-state index in [-0.39, 0.29) is 0 Å². The van der Waals surface area contributed by atoms with E-state index in [4.69, 9.17) is 0 Å². The Kier molecular flexibility index (Phi) is 4.04. The van der Waals surface area contributed by atoms with Crippen LogP contribution in [0, 0.1) is 12.8 Å². The second-order valence-corrected chi connectivity index (χ2v) is 5.63. The lowest BCUT2D eigenvalue weighted by Crippen LogP contribution is -2.33. The van der Waals surface area contributed by atoms with Crippen LogP contribution in [-0.2, 0) is 0 Å². The van der Waals surface area contributed by atoms with Gasteiger partial charge in [-0.1, -0.05) is 6.92 Å². The molecule has 18 heavy (non-hydrogen) atoms. The first-order valence-corrected chi connectivity index (χ1v) is 6.92. The van der Waals surface area contributed by atoms with Gasteiger partial charge in [0.25, 0.3) is 0 Å². The molecule has 1 aliphatic rings. The van der Waals surface area contributed by atoms with Gasteiger partial charge in [0.05, 0.1) is 0 Å². The van der Waals surface area contributed by atoms with E-state index in [0.717, 1.165) is 36.5 Å². The van der Waals surface area contributed by atoms with Crippen molar-refractivity contribution in [2.45, 2.75) is 46.6 Å². The number of nitrogens with one attached hydrogen (secondary N) is 1. The monoisotopic (exact) mass is 248 g/mol. The summed E-state index contributed by atoms with van der Waals surface area (Å²) in [7, 11) is 0. The molecule has 0 aliphatic carbocycles. The zero-order valence-corrected chi connectivity index (χ0v) is 11.9. The molecule has 0 radical (unpaired) electrons. The molecule has 0 bridgehead atoms. The Morgan fingerprint density at radius 3 is 2.56 bits per heavy atom. The molecule has 1 N–H and O–H groups in total. The Morgan fingerprint density at radius 2 is 1.94 bits per heavy atom. The van der Waals surface area contributed by atoms with Crippen LogP contribution in [0.25, 0.3) is 0 Å². The van der Waals surface area contributed by atoms with Crippen LogP contribution in [0.5, 0.6) is 0 Å². The van der Waals surface area contributed by atoms with Gasteiger partial charge in [-0.15, -0.1) is 0 Å². The van der Waals surface area contributed by atoms with Gasteiger partial charge in [0, 0.05) is 25.2 Å². The fourth-order valence-electron chi connectivity index (χ4n) is 2.32. The second-order valence-electron chi connectivity index (χ2n) is 5.63. The van der Waals surface area contributed by atoms with Gasteiger partial charge in [-0.05, 0) is 39.5 Å². The zero-order chi connectivity index (χ0) is 13.1. The number of hydrogen-bond acceptors (Lipinski definition) is 4. The largest absolute Gasteiger partial charge is 0.368 e. The molecule has 0 atom stereocenters. The number of aromatic nitrogens is 2. The molecule has 0 aromatic carbocycles. The normalized spacial score (nSPS) is 17.3. The molecular formula is C14H24N4. The van der Waals surface area contributed by atoms with Crippen LogP contribution in [-0.4, -0.2) is 29.1 Å². The van der Waals surface area contributed by atoms with Crippen molar-refractivity contribution in [3.8, 4) is 0 Å². The highest BCUT2D eigenvalue weighted by molar-refractivity contribution is 5.50. The Hall–Kier alpha value is -1.32. The van der Waals surface area contributed by atoms with Crippen LogP contribution >= 0.6 is 0 Å². The quantitative estimate of drug-likeness (QED) is 0.893. The van der Waals surface area contributed by atoms with Crippen molar-refractivity contribution in [2.24, 2.45) is 5.92 Å². The molecule has 1 saturated heterocycles. The van der Waals surface area contributed by atoms with Crippen molar-refractivity contribution in [1.82, 2.24) is 9.97 Å². The van der Waals surface area contributed by atoms with Crippen LogP contribution in [0.1, 0.15) is 39.4 Å². The molecule has 1 aliphatic heterocycles. The van der Waals surface area contributed by atoms with Gasteiger partial charge in [0.1, 0.15) is 17.5 Å². The Morgan fingerprint density at radius 1 is 1.28 bits per heavy atom. The van der Waals surface area contributed by atoms with E-state index >= 15 is 0 Å². The van der Waals surface area contributed by atoms with Gasteiger partial charge in [-0.3, -0.25) is 0 Å². The molecule has 0 unspecified atom stereocenters. The van der Waals surface area contributed by atoms with Crippen molar-refractivity contribution in [3.05, 3.63) is 11.9 Å². The highest BCUT2D eigenvalue weighted by atomic mass is 15.2. The first-order valence-electron chi connectivity index (χ1n) is 6.92. The summed E-state index contributed by atoms with van der Waals surface area (Å²) in [6.45, 7) is 10.8. The molecule has 2 heterocycles. The third kappa shape index (κ3) is 3.34. The Labute approximate surface area is 110 Å². The molecule has 2 rings (SSSR count). The number of piperidine rings is 1. The topological polar surface area (TPSA) is 41.1 Å². The third-order valence-electron chi connectivity index (χ3n) is 3.37. The minimum atomic E-state index is 0.397. The maximum absolute atomic E-state index is 4.56. The first-order chi connectivity index (χ1) is 8.54. The summed E-state index contributed by atoms with van der Waals surface area (Å²) in [5.74, 6) is 3.69. The number of anilines is 2. The Balaban J connectivity index is 2.14. The summed E-state index contributed by atoms with van der Waals surface area (Å²) in [6, 6.07) is 2.47. The molecule has 4 nitrogen and oxygen atoms in total. The fraction of sp³-hybridized carbons (Fsp3) is 0.714. The standard InChI is InChI=1S/C14H24N4/c1-10(2)15-13-9-14(17-12(4)16-13)18-7-5-11(3)6-8-18/h9-11H,5-8H2,1-4H3,(H,15,16,17). The van der Waals surface area contributed by atoms with Crippen molar-refractivity contribution >= 4 is 11.6 Å². The SMILES string of the molecule is Cc1nc(NC(C)C)cc(N2CCC(C)CC2)n1. The summed E-state index contributed by atoms with van der Waals surface area (Å²) in [4.78, 5) is 11.4. The average molecular weight is 248 g/mol. The number of rotatable bonds is 3. The molecule has 4 heteroatoms. The molecule has 100 valence electrons. The lowest BCUT2D eigenvalue weighted by molar-refractivity contribution is 0.436. The van der Waals surface area contributed by atoms with E-state index in [0.29, 0.717) is 6.04 Å². The van der Waals surface area contributed by atoms with Gasteiger partial charge >= 0.3 is 0 Å². The van der Waals surface area contributed by atoms with Gasteiger partial charge in [0.2, 0.25) is 0 Å². The van der Waals surface area contributed by atoms with E-state index < -0.39 is 0 Å². The van der Waals surface area contributed by atoms with Crippen LogP contribution in [0.2, 0.25) is 0 Å². The van der Waals surface area contributed by atoms with Crippen LogP contribution in [0.15, 0.2) is 6.07 Å². The van der Waals surface area contributed by atoms with Gasteiger partial charge in [-0.25, -0.2) is 9.97 Å². The summed E-state index contributed by atoms with van der Waals surface area (Å²) in [5.41, 5.74) is 0. The van der Waals surface area contributed by atoms with Crippen molar-refractivity contribution < 1.29 is 0 Å². The zero-order valence-electron chi connectivity index (χ0n) is 11.9. The van der Waals surface area contributed by atoms with E-state index in [2.05, 4.69) is 47.0 Å². The van der Waals surface area contributed by atoms with Gasteiger partial charge < -0.3 is 10.2 Å². The lowest BCUT2D eigenvalue weighted by Gasteiger charge is -2.31. The highest BCUT2D eigenvalue weighted by Crippen LogP contribution is 2.23. The summed E-state index contributed by atoms with van der Waals surface area (Å²) < 4.78 is 0. The maximum atomic E-state index is 4.56. The van der Waals surface area contributed by atoms with Crippen LogP contribution in [0.4, 0.5) is 11.6 Å². The molecule has 0 saturated carbocycles. The number of hydrogen-bond donors (Lipinski definition) is 1. The van der Waals surface area contributed by atoms with E-state index in [1.54, 1.807) is 0 Å². The summed E-state index contributed by atoms with van der Waals surface area (Å²) in [6.07, 6.45) is 2.52. The molecule has 1 aromatic heterocycles. The third-order valence-corrected chi connectivity index (χ3v) is 3.37. The fourth-order valence-corrected chi connectivity index (χ4v) is 2.32. The van der Waals surface area contributed by atoms with E-state index in [9.17, 15) is 0 Å². The smallest absolute Gasteiger partial charge is 0.134 e. The van der Waals surface area contributed by atoms with E-state index in [1.165, 1.54) is 12.8 Å². The highest BCUT2D eigenvalue weighted by Gasteiger charge is 2.17. The predicted octanol–water partition coefficient (Wildman–Crippen LogP) is 2.84. The van der Waals surface area contributed by atoms with Gasteiger partial charge in [-0.2, -0.15) is 0 Å². The minimum absolute atomic E-state index is 0.397. The molecule has 0 amide bonds. The van der Waals surface area contributed by atoms with Crippen LogP contribution < -0.4 is 10.2 Å². The van der Waals surface area contributed by atoms with E-state index in [1.807, 2.05) is 6.92 Å². The van der Waals surface area contributed by atoms with Crippen molar-refractivity contribution in [3.63, 3.8) is 0 Å². The summed E-state index contributed by atoms with van der Waals surface area (Å²) >= 11 is 0. The molecule has 1 fully saturated rings. The van der Waals surface area contributed by atoms with Crippen LogP contribution in [0.3, 0.4) is 0 Å². The summed E-state index contributed by atoms with van der Waals surface area (Å²) in [5, 5.41) is 3.36. The molecule has 0 spiro atoms. The molecule has 1 aromatic rings. The average Bonchev–Trinajstić information content (AvgIpc) is 2.28. The first kappa shape index (κ1) is 13.1. The Bertz CT molecular complexity index is 395.